The lowest BCUT2D eigenvalue weighted by Gasteiger charge is -2.30. The lowest BCUT2D eigenvalue weighted by atomic mass is 9.99. The van der Waals surface area contributed by atoms with Gasteiger partial charge >= 0.3 is 0 Å². The fourth-order valence-electron chi connectivity index (χ4n) is 3.53. The predicted octanol–water partition coefficient (Wildman–Crippen LogP) is 4.22. The maximum absolute atomic E-state index is 5.36. The van der Waals surface area contributed by atoms with E-state index >= 15 is 0 Å². The van der Waals surface area contributed by atoms with Gasteiger partial charge in [-0.3, -0.25) is 0 Å². The number of nitrogens with zero attached hydrogens (tertiary/aromatic N) is 3. The van der Waals surface area contributed by atoms with Gasteiger partial charge in [0.25, 0.3) is 0 Å². The monoisotopic (exact) mass is 374 g/mol. The Morgan fingerprint density at radius 3 is 2.68 bits per heavy atom. The molecule has 0 amide bonds. The summed E-state index contributed by atoms with van der Waals surface area (Å²) in [6, 6.07) is 18.8. The van der Waals surface area contributed by atoms with E-state index in [1.54, 1.807) is 7.11 Å². The summed E-state index contributed by atoms with van der Waals surface area (Å²) in [7, 11) is 1.72. The fourth-order valence-corrected chi connectivity index (χ4v) is 3.53. The lowest BCUT2D eigenvalue weighted by molar-refractivity contribution is 0.413. The van der Waals surface area contributed by atoms with Crippen LogP contribution in [0, 0.1) is 0 Å². The maximum atomic E-state index is 5.36. The largest absolute Gasteiger partial charge is 0.497 e. The van der Waals surface area contributed by atoms with Gasteiger partial charge in [0, 0.05) is 31.4 Å². The molecule has 0 unspecified atom stereocenters. The van der Waals surface area contributed by atoms with Gasteiger partial charge < -0.3 is 15.0 Å². The summed E-state index contributed by atoms with van der Waals surface area (Å²) in [5.74, 6) is 2.61. The van der Waals surface area contributed by atoms with Gasteiger partial charge in [-0.25, -0.2) is 4.98 Å². The molecule has 4 rings (SSSR count). The number of fused-ring (bicyclic) bond motifs is 1. The van der Waals surface area contributed by atoms with Crippen LogP contribution in [0.15, 0.2) is 54.6 Å². The van der Waals surface area contributed by atoms with E-state index in [9.17, 15) is 0 Å². The Morgan fingerprint density at radius 2 is 1.89 bits per heavy atom. The number of aromatic nitrogens is 2. The number of methoxy groups -OCH3 is 1. The van der Waals surface area contributed by atoms with E-state index in [0.29, 0.717) is 5.95 Å². The molecule has 1 aliphatic rings. The molecule has 0 fully saturated rings. The molecule has 0 atom stereocenters. The van der Waals surface area contributed by atoms with E-state index in [1.165, 1.54) is 16.7 Å². The van der Waals surface area contributed by atoms with Gasteiger partial charge in [0.2, 0.25) is 5.95 Å². The zero-order valence-electron chi connectivity index (χ0n) is 16.5. The number of benzene rings is 2. The molecule has 0 aliphatic carbocycles. The van der Waals surface area contributed by atoms with E-state index in [4.69, 9.17) is 9.72 Å². The molecule has 5 heteroatoms. The van der Waals surface area contributed by atoms with Crippen LogP contribution in [-0.2, 0) is 25.9 Å². The minimum atomic E-state index is 0.693. The highest BCUT2D eigenvalue weighted by Gasteiger charge is 2.19. The van der Waals surface area contributed by atoms with Gasteiger partial charge in [-0.15, -0.1) is 0 Å². The number of nitrogens with one attached hydrogen (secondary N) is 1. The van der Waals surface area contributed by atoms with Gasteiger partial charge in [-0.05, 0) is 41.7 Å². The van der Waals surface area contributed by atoms with E-state index in [0.717, 1.165) is 49.7 Å². The van der Waals surface area contributed by atoms with E-state index in [1.807, 2.05) is 24.3 Å². The van der Waals surface area contributed by atoms with Gasteiger partial charge in [0.1, 0.15) is 11.6 Å². The summed E-state index contributed by atoms with van der Waals surface area (Å²) >= 11 is 0. The number of anilines is 2. The van der Waals surface area contributed by atoms with Gasteiger partial charge in [0.05, 0.1) is 7.11 Å². The second-order valence-corrected chi connectivity index (χ2v) is 7.04. The highest BCUT2D eigenvalue weighted by Crippen LogP contribution is 2.27. The molecule has 1 aromatic heterocycles. The Hall–Kier alpha value is -3.08. The Morgan fingerprint density at radius 1 is 1.04 bits per heavy atom. The van der Waals surface area contributed by atoms with Crippen molar-refractivity contribution in [3.63, 3.8) is 0 Å². The zero-order valence-corrected chi connectivity index (χ0v) is 16.5. The number of hydrogen-bond acceptors (Lipinski definition) is 5. The highest BCUT2D eigenvalue weighted by atomic mass is 16.5. The number of ether oxygens (including phenoxy) is 1. The molecule has 28 heavy (non-hydrogen) atoms. The molecule has 0 saturated carbocycles. The van der Waals surface area contributed by atoms with Crippen LogP contribution in [0.2, 0.25) is 0 Å². The van der Waals surface area contributed by atoms with Crippen LogP contribution in [-0.4, -0.2) is 23.6 Å². The first-order valence-corrected chi connectivity index (χ1v) is 9.81. The Kier molecular flexibility index (Phi) is 5.42. The SMILES string of the molecule is CCc1cc(N2CCc3cc(OC)ccc3C2)nc(NCc2ccccc2)n1. The lowest BCUT2D eigenvalue weighted by Crippen LogP contribution is -2.31. The zero-order chi connectivity index (χ0) is 19.3. The summed E-state index contributed by atoms with van der Waals surface area (Å²) in [5, 5.41) is 3.38. The van der Waals surface area contributed by atoms with Crippen molar-refractivity contribution in [1.82, 2.24) is 9.97 Å². The predicted molar refractivity (Wildman–Crippen MR) is 113 cm³/mol. The van der Waals surface area contributed by atoms with Crippen molar-refractivity contribution in [1.29, 1.82) is 0 Å². The maximum Gasteiger partial charge on any atom is 0.225 e. The molecule has 0 spiro atoms. The van der Waals surface area contributed by atoms with Crippen LogP contribution >= 0.6 is 0 Å². The standard InChI is InChI=1S/C23H26N4O/c1-3-20-14-22(26-23(25-20)24-15-17-7-5-4-6-8-17)27-12-11-18-13-21(28-2)10-9-19(18)16-27/h4-10,13-14H,3,11-12,15-16H2,1-2H3,(H,24,25,26). The highest BCUT2D eigenvalue weighted by molar-refractivity contribution is 5.49. The Balaban J connectivity index is 1.53. The van der Waals surface area contributed by atoms with Crippen molar-refractivity contribution in [3.8, 4) is 5.75 Å². The van der Waals surface area contributed by atoms with Crippen LogP contribution in [0.25, 0.3) is 0 Å². The molecule has 1 aliphatic heterocycles. The molecule has 5 nitrogen and oxygen atoms in total. The molecule has 2 heterocycles. The van der Waals surface area contributed by atoms with E-state index in [2.05, 4.69) is 52.5 Å². The average Bonchev–Trinajstić information content (AvgIpc) is 2.77. The number of aryl methyl sites for hydroxylation is 1. The normalized spacial score (nSPS) is 13.1. The molecule has 0 saturated heterocycles. The fraction of sp³-hybridized carbons (Fsp3) is 0.304. The first-order valence-electron chi connectivity index (χ1n) is 9.81. The second-order valence-electron chi connectivity index (χ2n) is 7.04. The molecule has 1 N–H and O–H groups in total. The Labute approximate surface area is 166 Å². The minimum absolute atomic E-state index is 0.693. The third-order valence-corrected chi connectivity index (χ3v) is 5.17. The van der Waals surface area contributed by atoms with Gasteiger partial charge in [-0.1, -0.05) is 43.3 Å². The van der Waals surface area contributed by atoms with E-state index < -0.39 is 0 Å². The van der Waals surface area contributed by atoms with Crippen LogP contribution in [0.5, 0.6) is 5.75 Å². The molecular weight excluding hydrogens is 348 g/mol. The Bertz CT molecular complexity index is 943. The molecular formula is C23H26N4O. The second kappa shape index (κ2) is 8.30. The molecule has 0 radical (unpaired) electrons. The van der Waals surface area contributed by atoms with Crippen LogP contribution in [0.4, 0.5) is 11.8 Å². The van der Waals surface area contributed by atoms with Crippen molar-refractivity contribution >= 4 is 11.8 Å². The van der Waals surface area contributed by atoms with Crippen molar-refractivity contribution in [3.05, 3.63) is 77.0 Å². The molecule has 3 aromatic rings. The van der Waals surface area contributed by atoms with Crippen LogP contribution in [0.1, 0.15) is 29.3 Å². The minimum Gasteiger partial charge on any atom is -0.497 e. The van der Waals surface area contributed by atoms with Crippen molar-refractivity contribution in [2.75, 3.05) is 23.9 Å². The molecule has 144 valence electrons. The molecule has 2 aromatic carbocycles. The topological polar surface area (TPSA) is 50.3 Å². The average molecular weight is 374 g/mol. The summed E-state index contributed by atoms with van der Waals surface area (Å²) in [6.45, 7) is 4.65. The summed E-state index contributed by atoms with van der Waals surface area (Å²) in [5.41, 5.74) is 4.97. The first-order chi connectivity index (χ1) is 13.7. The van der Waals surface area contributed by atoms with Crippen molar-refractivity contribution in [2.24, 2.45) is 0 Å². The van der Waals surface area contributed by atoms with Gasteiger partial charge in [-0.2, -0.15) is 4.98 Å². The third kappa shape index (κ3) is 4.09. The van der Waals surface area contributed by atoms with E-state index in [-0.39, 0.29) is 0 Å². The van der Waals surface area contributed by atoms with Crippen molar-refractivity contribution in [2.45, 2.75) is 32.9 Å². The third-order valence-electron chi connectivity index (χ3n) is 5.17. The van der Waals surface area contributed by atoms with Crippen LogP contribution in [0.3, 0.4) is 0 Å². The van der Waals surface area contributed by atoms with Crippen LogP contribution < -0.4 is 15.0 Å². The molecule has 0 bridgehead atoms. The summed E-state index contributed by atoms with van der Waals surface area (Å²) < 4.78 is 5.36. The van der Waals surface area contributed by atoms with Gasteiger partial charge in [0.15, 0.2) is 0 Å². The number of rotatable bonds is 6. The number of hydrogen-bond donors (Lipinski definition) is 1. The first kappa shape index (κ1) is 18.3. The summed E-state index contributed by atoms with van der Waals surface area (Å²) in [4.78, 5) is 11.8. The van der Waals surface area contributed by atoms with Crippen molar-refractivity contribution < 1.29 is 4.74 Å². The summed E-state index contributed by atoms with van der Waals surface area (Å²) in [6.07, 6.45) is 1.88. The smallest absolute Gasteiger partial charge is 0.225 e. The quantitative estimate of drug-likeness (QED) is 0.700.